The number of rotatable bonds is 4. The Balaban J connectivity index is 1.69. The molecule has 3 aromatic carbocycles. The number of methoxy groups -OCH3 is 1. The van der Waals surface area contributed by atoms with Crippen LogP contribution in [0.25, 0.3) is 22.6 Å². The van der Waals surface area contributed by atoms with Crippen LogP contribution in [0.15, 0.2) is 52.9 Å². The highest BCUT2D eigenvalue weighted by Crippen LogP contribution is 2.35. The zero-order valence-electron chi connectivity index (χ0n) is 15.9. The number of aryl methyl sites for hydroxylation is 1. The average Bonchev–Trinajstić information content (AvgIpc) is 3.11. The first-order valence-corrected chi connectivity index (χ1v) is 10.0. The predicted octanol–water partition coefficient (Wildman–Crippen LogP) is 7.02. The van der Waals surface area contributed by atoms with Gasteiger partial charge in [0, 0.05) is 10.7 Å². The molecule has 0 fully saturated rings. The highest BCUT2D eigenvalue weighted by atomic mass is 35.5. The highest BCUT2D eigenvalue weighted by Gasteiger charge is 2.18. The van der Waals surface area contributed by atoms with Crippen LogP contribution < -0.4 is 10.1 Å². The maximum Gasteiger partial charge on any atom is 0.259 e. The molecule has 0 saturated carbocycles. The Kier molecular flexibility index (Phi) is 5.60. The van der Waals surface area contributed by atoms with E-state index in [0.717, 1.165) is 11.1 Å². The van der Waals surface area contributed by atoms with Crippen molar-refractivity contribution in [1.29, 1.82) is 0 Å². The van der Waals surface area contributed by atoms with E-state index in [1.54, 1.807) is 18.2 Å². The van der Waals surface area contributed by atoms with Gasteiger partial charge >= 0.3 is 0 Å². The first-order valence-electron chi connectivity index (χ1n) is 8.87. The Morgan fingerprint density at radius 3 is 2.60 bits per heavy atom. The molecule has 0 aliphatic heterocycles. The lowest BCUT2D eigenvalue weighted by Crippen LogP contribution is -2.13. The van der Waals surface area contributed by atoms with Crippen molar-refractivity contribution in [3.63, 3.8) is 0 Å². The number of aromatic nitrogens is 1. The van der Waals surface area contributed by atoms with Crippen LogP contribution in [-0.2, 0) is 0 Å². The molecule has 1 N–H and O–H groups in total. The summed E-state index contributed by atoms with van der Waals surface area (Å²) in [7, 11) is 1.43. The van der Waals surface area contributed by atoms with Crippen molar-refractivity contribution in [3.8, 4) is 17.2 Å². The SMILES string of the molecule is COc1c(Cl)cc(Cl)cc1C(=O)Nc1ccc(Cl)c(-c2nc3ccc(C)cc3o2)c1. The third-order valence-electron chi connectivity index (χ3n) is 4.46. The van der Waals surface area contributed by atoms with Crippen molar-refractivity contribution in [2.75, 3.05) is 12.4 Å². The Bertz CT molecular complexity index is 1280. The summed E-state index contributed by atoms with van der Waals surface area (Å²) in [6, 6.07) is 13.8. The molecule has 1 amide bonds. The molecule has 0 spiro atoms. The summed E-state index contributed by atoms with van der Waals surface area (Å²) in [5, 5.41) is 3.82. The normalized spacial score (nSPS) is 11.0. The van der Waals surface area contributed by atoms with Gasteiger partial charge in [0.1, 0.15) is 11.3 Å². The second-order valence-electron chi connectivity index (χ2n) is 6.61. The topological polar surface area (TPSA) is 64.4 Å². The van der Waals surface area contributed by atoms with E-state index in [9.17, 15) is 4.79 Å². The van der Waals surface area contributed by atoms with Gasteiger partial charge in [0.2, 0.25) is 5.89 Å². The average molecular weight is 462 g/mol. The van der Waals surface area contributed by atoms with Crippen LogP contribution in [0.5, 0.6) is 5.75 Å². The van der Waals surface area contributed by atoms with Crippen LogP contribution in [0.1, 0.15) is 15.9 Å². The van der Waals surface area contributed by atoms with Crippen molar-refractivity contribution >= 4 is 57.5 Å². The molecule has 0 aliphatic rings. The van der Waals surface area contributed by atoms with Crippen molar-refractivity contribution < 1.29 is 13.9 Å². The quantitative estimate of drug-likeness (QED) is 0.354. The van der Waals surface area contributed by atoms with Gasteiger partial charge < -0.3 is 14.5 Å². The fraction of sp³-hybridized carbons (Fsp3) is 0.0909. The lowest BCUT2D eigenvalue weighted by molar-refractivity contribution is 0.102. The summed E-state index contributed by atoms with van der Waals surface area (Å²) >= 11 is 18.5. The molecule has 152 valence electrons. The molecule has 0 saturated heterocycles. The lowest BCUT2D eigenvalue weighted by Gasteiger charge is -2.12. The van der Waals surface area contributed by atoms with Crippen LogP contribution in [0.2, 0.25) is 15.1 Å². The van der Waals surface area contributed by atoms with E-state index in [1.165, 1.54) is 19.2 Å². The van der Waals surface area contributed by atoms with Crippen LogP contribution in [-0.4, -0.2) is 18.0 Å². The Hall–Kier alpha value is -2.73. The fourth-order valence-electron chi connectivity index (χ4n) is 3.05. The molecule has 0 radical (unpaired) electrons. The zero-order chi connectivity index (χ0) is 21.4. The number of benzene rings is 3. The van der Waals surface area contributed by atoms with Crippen molar-refractivity contribution in [3.05, 3.63) is 74.7 Å². The number of nitrogens with one attached hydrogen (secondary N) is 1. The fourth-order valence-corrected chi connectivity index (χ4v) is 3.82. The number of hydrogen-bond acceptors (Lipinski definition) is 4. The third-order valence-corrected chi connectivity index (χ3v) is 5.28. The van der Waals surface area contributed by atoms with E-state index in [4.69, 9.17) is 44.0 Å². The summed E-state index contributed by atoms with van der Waals surface area (Å²) in [5.74, 6) is 0.167. The minimum atomic E-state index is -0.433. The number of amides is 1. The Labute approximate surface area is 187 Å². The molecule has 1 heterocycles. The van der Waals surface area contributed by atoms with Gasteiger partial charge in [-0.2, -0.15) is 0 Å². The number of hydrogen-bond donors (Lipinski definition) is 1. The van der Waals surface area contributed by atoms with Gasteiger partial charge in [-0.25, -0.2) is 4.98 Å². The summed E-state index contributed by atoms with van der Waals surface area (Å²) in [6.07, 6.45) is 0. The molecular formula is C22H15Cl3N2O3. The van der Waals surface area contributed by atoms with Crippen molar-refractivity contribution in [2.45, 2.75) is 6.92 Å². The van der Waals surface area contributed by atoms with Crippen LogP contribution in [0, 0.1) is 6.92 Å². The number of ether oxygens (including phenoxy) is 1. The van der Waals surface area contributed by atoms with Gasteiger partial charge in [-0.15, -0.1) is 0 Å². The van der Waals surface area contributed by atoms with Gasteiger partial charge in [0.05, 0.1) is 28.3 Å². The van der Waals surface area contributed by atoms with E-state index < -0.39 is 5.91 Å². The number of carbonyl (C=O) groups is 1. The van der Waals surface area contributed by atoms with Gasteiger partial charge in [-0.3, -0.25) is 4.79 Å². The minimum Gasteiger partial charge on any atom is -0.494 e. The van der Waals surface area contributed by atoms with E-state index in [2.05, 4.69) is 10.3 Å². The second kappa shape index (κ2) is 8.19. The number of fused-ring (bicyclic) bond motifs is 1. The molecule has 0 unspecified atom stereocenters. The molecule has 0 aliphatic carbocycles. The minimum absolute atomic E-state index is 0.212. The number of halogens is 3. The summed E-state index contributed by atoms with van der Waals surface area (Å²) in [4.78, 5) is 17.3. The molecule has 1 aromatic heterocycles. The molecule has 4 rings (SSSR count). The van der Waals surface area contributed by atoms with E-state index in [-0.39, 0.29) is 16.3 Å². The molecule has 0 atom stereocenters. The van der Waals surface area contributed by atoms with E-state index in [1.807, 2.05) is 25.1 Å². The largest absolute Gasteiger partial charge is 0.494 e. The summed E-state index contributed by atoms with van der Waals surface area (Å²) in [6.45, 7) is 1.97. The summed E-state index contributed by atoms with van der Waals surface area (Å²) in [5.41, 5.74) is 3.71. The predicted molar refractivity (Wildman–Crippen MR) is 120 cm³/mol. The Morgan fingerprint density at radius 1 is 1.03 bits per heavy atom. The van der Waals surface area contributed by atoms with E-state index >= 15 is 0 Å². The van der Waals surface area contributed by atoms with Gasteiger partial charge in [0.15, 0.2) is 5.58 Å². The van der Waals surface area contributed by atoms with Crippen LogP contribution in [0.3, 0.4) is 0 Å². The van der Waals surface area contributed by atoms with Gasteiger partial charge in [0.25, 0.3) is 5.91 Å². The third kappa shape index (κ3) is 3.97. The van der Waals surface area contributed by atoms with Crippen LogP contribution in [0.4, 0.5) is 5.69 Å². The van der Waals surface area contributed by atoms with Crippen molar-refractivity contribution in [1.82, 2.24) is 4.98 Å². The maximum atomic E-state index is 12.8. The molecule has 4 aromatic rings. The highest BCUT2D eigenvalue weighted by molar-refractivity contribution is 6.36. The van der Waals surface area contributed by atoms with Crippen LogP contribution >= 0.6 is 34.8 Å². The number of nitrogens with zero attached hydrogens (tertiary/aromatic N) is 1. The first kappa shape index (κ1) is 20.5. The smallest absolute Gasteiger partial charge is 0.259 e. The molecule has 5 nitrogen and oxygen atoms in total. The number of oxazole rings is 1. The maximum absolute atomic E-state index is 12.8. The first-order chi connectivity index (χ1) is 14.4. The Morgan fingerprint density at radius 2 is 1.83 bits per heavy atom. The second-order valence-corrected chi connectivity index (χ2v) is 7.86. The van der Waals surface area contributed by atoms with E-state index in [0.29, 0.717) is 32.8 Å². The standard InChI is InChI=1S/C22H15Cl3N2O3/c1-11-3-6-18-19(7-11)30-22(27-18)14-10-13(4-5-16(14)24)26-21(28)15-8-12(23)9-17(25)20(15)29-2/h3-10H,1-2H3,(H,26,28). The number of anilines is 1. The monoisotopic (exact) mass is 460 g/mol. The molecule has 8 heteroatoms. The molecule has 30 heavy (non-hydrogen) atoms. The molecule has 0 bridgehead atoms. The molecular weight excluding hydrogens is 447 g/mol. The number of carbonyl (C=O) groups excluding carboxylic acids is 1. The van der Waals surface area contributed by atoms with Gasteiger partial charge in [-0.05, 0) is 55.0 Å². The van der Waals surface area contributed by atoms with Gasteiger partial charge in [-0.1, -0.05) is 40.9 Å². The van der Waals surface area contributed by atoms with Crippen molar-refractivity contribution in [2.24, 2.45) is 0 Å². The lowest BCUT2D eigenvalue weighted by atomic mass is 10.1. The zero-order valence-corrected chi connectivity index (χ0v) is 18.2. The summed E-state index contributed by atoms with van der Waals surface area (Å²) < 4.78 is 11.1.